The van der Waals surface area contributed by atoms with Crippen LogP contribution in [0.2, 0.25) is 0 Å². The number of para-hydroxylation sites is 1. The minimum Gasteiger partial charge on any atom is -0.302 e. The lowest BCUT2D eigenvalue weighted by Gasteiger charge is -2.20. The monoisotopic (exact) mass is 353 g/mol. The van der Waals surface area contributed by atoms with Crippen LogP contribution in [0.15, 0.2) is 42.7 Å². The Labute approximate surface area is 150 Å². The number of nitrogens with zero attached hydrogens (tertiary/aromatic N) is 4. The first-order valence-electron chi connectivity index (χ1n) is 8.23. The van der Waals surface area contributed by atoms with Gasteiger partial charge in [-0.3, -0.25) is 4.79 Å². The molecule has 0 radical (unpaired) electrons. The van der Waals surface area contributed by atoms with Crippen LogP contribution >= 0.6 is 11.3 Å². The van der Waals surface area contributed by atoms with Crippen LogP contribution in [-0.2, 0) is 24.2 Å². The van der Waals surface area contributed by atoms with Gasteiger partial charge in [0.2, 0.25) is 5.91 Å². The van der Waals surface area contributed by atoms with Crippen molar-refractivity contribution in [3.8, 4) is 5.69 Å². The van der Waals surface area contributed by atoms with Crippen molar-refractivity contribution in [3.63, 3.8) is 0 Å². The van der Waals surface area contributed by atoms with Crippen molar-refractivity contribution in [1.29, 1.82) is 0 Å². The zero-order chi connectivity index (χ0) is 17.2. The van der Waals surface area contributed by atoms with E-state index in [1.807, 2.05) is 36.5 Å². The molecule has 25 heavy (non-hydrogen) atoms. The van der Waals surface area contributed by atoms with Gasteiger partial charge >= 0.3 is 0 Å². The van der Waals surface area contributed by atoms with E-state index in [1.165, 1.54) is 4.88 Å². The molecule has 3 aromatic rings. The summed E-state index contributed by atoms with van der Waals surface area (Å²) in [6.07, 6.45) is 4.85. The largest absolute Gasteiger partial charge is 0.302 e. The van der Waals surface area contributed by atoms with Crippen molar-refractivity contribution in [1.82, 2.24) is 19.7 Å². The van der Waals surface area contributed by atoms with Gasteiger partial charge in [0.15, 0.2) is 5.13 Å². The van der Waals surface area contributed by atoms with Crippen LogP contribution in [0, 0.1) is 0 Å². The topological polar surface area (TPSA) is 63.1 Å². The molecule has 4 rings (SSSR count). The van der Waals surface area contributed by atoms with Gasteiger partial charge in [0.1, 0.15) is 0 Å². The Morgan fingerprint density at radius 3 is 3.00 bits per heavy atom. The highest BCUT2D eigenvalue weighted by Gasteiger charge is 2.19. The fraction of sp³-hybridized carbons (Fsp3) is 0.278. The van der Waals surface area contributed by atoms with E-state index in [-0.39, 0.29) is 12.3 Å². The van der Waals surface area contributed by atoms with E-state index >= 15 is 0 Å². The Morgan fingerprint density at radius 1 is 1.32 bits per heavy atom. The van der Waals surface area contributed by atoms with Crippen molar-refractivity contribution in [2.24, 2.45) is 0 Å². The Kier molecular flexibility index (Phi) is 4.33. The molecule has 3 heterocycles. The third kappa shape index (κ3) is 3.62. The minimum absolute atomic E-state index is 0.0629. The molecule has 1 aliphatic rings. The van der Waals surface area contributed by atoms with Gasteiger partial charge in [-0.25, -0.2) is 9.67 Å². The number of fused-ring (bicyclic) bond motifs is 1. The smallest absolute Gasteiger partial charge is 0.230 e. The van der Waals surface area contributed by atoms with E-state index < -0.39 is 0 Å². The Hall–Kier alpha value is -2.51. The molecule has 0 aliphatic carbocycles. The van der Waals surface area contributed by atoms with Gasteiger partial charge in [-0.1, -0.05) is 18.2 Å². The number of rotatable bonds is 4. The molecule has 0 atom stereocenters. The molecule has 0 saturated heterocycles. The summed E-state index contributed by atoms with van der Waals surface area (Å²) in [5.74, 6) is -0.0629. The number of anilines is 1. The number of thiazole rings is 1. The molecule has 128 valence electrons. The van der Waals surface area contributed by atoms with E-state index in [2.05, 4.69) is 27.3 Å². The molecule has 1 aliphatic heterocycles. The maximum absolute atomic E-state index is 12.3. The predicted octanol–water partition coefficient (Wildman–Crippen LogP) is 2.50. The van der Waals surface area contributed by atoms with Crippen LogP contribution in [-0.4, -0.2) is 39.2 Å². The van der Waals surface area contributed by atoms with Crippen molar-refractivity contribution < 1.29 is 4.79 Å². The molecule has 7 heteroatoms. The zero-order valence-corrected chi connectivity index (χ0v) is 14.8. The Bertz CT molecular complexity index is 886. The molecule has 2 aromatic heterocycles. The molecular formula is C18H19N5OS. The lowest BCUT2D eigenvalue weighted by molar-refractivity contribution is -0.115. The summed E-state index contributed by atoms with van der Waals surface area (Å²) in [5.41, 5.74) is 2.98. The van der Waals surface area contributed by atoms with Crippen LogP contribution < -0.4 is 5.32 Å². The number of hydrogen-bond acceptors (Lipinski definition) is 5. The van der Waals surface area contributed by atoms with Crippen LogP contribution in [0.4, 0.5) is 5.13 Å². The Balaban J connectivity index is 1.40. The van der Waals surface area contributed by atoms with Gasteiger partial charge in [-0.2, -0.15) is 5.10 Å². The highest BCUT2D eigenvalue weighted by molar-refractivity contribution is 7.15. The summed E-state index contributed by atoms with van der Waals surface area (Å²) in [5, 5.41) is 7.95. The lowest BCUT2D eigenvalue weighted by atomic mass is 10.2. The van der Waals surface area contributed by atoms with Gasteiger partial charge < -0.3 is 10.2 Å². The van der Waals surface area contributed by atoms with E-state index in [4.69, 9.17) is 0 Å². The second kappa shape index (κ2) is 6.78. The number of benzene rings is 1. The first kappa shape index (κ1) is 16.0. The second-order valence-corrected chi connectivity index (χ2v) is 7.31. The lowest BCUT2D eigenvalue weighted by Crippen LogP contribution is -2.25. The highest BCUT2D eigenvalue weighted by Crippen LogP contribution is 2.27. The third-order valence-corrected chi connectivity index (χ3v) is 5.19. The minimum atomic E-state index is -0.0629. The van der Waals surface area contributed by atoms with Crippen molar-refractivity contribution in [2.45, 2.75) is 19.4 Å². The molecule has 1 N–H and O–H groups in total. The van der Waals surface area contributed by atoms with E-state index in [9.17, 15) is 4.79 Å². The molecule has 1 aromatic carbocycles. The Morgan fingerprint density at radius 2 is 2.16 bits per heavy atom. The molecule has 0 spiro atoms. The van der Waals surface area contributed by atoms with Crippen LogP contribution in [0.5, 0.6) is 0 Å². The van der Waals surface area contributed by atoms with Gasteiger partial charge in [0, 0.05) is 30.6 Å². The number of amides is 1. The van der Waals surface area contributed by atoms with Crippen LogP contribution in [0.1, 0.15) is 16.1 Å². The number of aromatic nitrogens is 3. The zero-order valence-electron chi connectivity index (χ0n) is 14.0. The maximum atomic E-state index is 12.3. The van der Waals surface area contributed by atoms with E-state index in [0.717, 1.165) is 36.5 Å². The first-order chi connectivity index (χ1) is 12.2. The average molecular weight is 353 g/mol. The molecule has 0 fully saturated rings. The number of hydrogen-bond donors (Lipinski definition) is 1. The summed E-state index contributed by atoms with van der Waals surface area (Å²) in [6, 6.07) is 9.85. The second-order valence-electron chi connectivity index (χ2n) is 6.23. The van der Waals surface area contributed by atoms with Crippen molar-refractivity contribution >= 4 is 22.4 Å². The third-order valence-electron chi connectivity index (χ3n) is 4.19. The standard InChI is InChI=1S/C18H19N5OS/c1-22-8-7-15-16(12-22)25-18(20-15)21-17(24)9-13-10-19-23(11-13)14-5-3-2-4-6-14/h2-6,10-11H,7-9,12H2,1H3,(H,20,21,24). The summed E-state index contributed by atoms with van der Waals surface area (Å²) in [7, 11) is 2.10. The van der Waals surface area contributed by atoms with Gasteiger partial charge in [0.25, 0.3) is 0 Å². The molecule has 0 saturated carbocycles. The van der Waals surface area contributed by atoms with E-state index in [0.29, 0.717) is 5.13 Å². The maximum Gasteiger partial charge on any atom is 0.230 e. The molecular weight excluding hydrogens is 334 g/mol. The number of carbonyl (C=O) groups is 1. The van der Waals surface area contributed by atoms with Gasteiger partial charge in [-0.05, 0) is 24.7 Å². The summed E-state index contributed by atoms with van der Waals surface area (Å²) < 4.78 is 1.78. The first-order valence-corrected chi connectivity index (χ1v) is 9.05. The van der Waals surface area contributed by atoms with Gasteiger partial charge in [-0.15, -0.1) is 11.3 Å². The molecule has 0 bridgehead atoms. The summed E-state index contributed by atoms with van der Waals surface area (Å²) in [6.45, 7) is 1.93. The number of likely N-dealkylation sites (N-methyl/N-ethyl adjacent to an activating group) is 1. The SMILES string of the molecule is CN1CCc2nc(NC(=O)Cc3cnn(-c4ccccc4)c3)sc2C1. The average Bonchev–Trinajstić information content (AvgIpc) is 3.21. The number of carbonyl (C=O) groups excluding carboxylic acids is 1. The van der Waals surface area contributed by atoms with Gasteiger partial charge in [0.05, 0.1) is 24.0 Å². The van der Waals surface area contributed by atoms with Crippen molar-refractivity contribution in [2.75, 3.05) is 18.9 Å². The fourth-order valence-electron chi connectivity index (χ4n) is 2.90. The van der Waals surface area contributed by atoms with Crippen molar-refractivity contribution in [3.05, 3.63) is 58.9 Å². The van der Waals surface area contributed by atoms with Crippen LogP contribution in [0.3, 0.4) is 0 Å². The van der Waals surface area contributed by atoms with E-state index in [1.54, 1.807) is 22.2 Å². The number of nitrogens with one attached hydrogen (secondary N) is 1. The summed E-state index contributed by atoms with van der Waals surface area (Å²) >= 11 is 1.57. The quantitative estimate of drug-likeness (QED) is 0.783. The molecule has 6 nitrogen and oxygen atoms in total. The molecule has 1 amide bonds. The normalized spacial score (nSPS) is 14.3. The fourth-order valence-corrected chi connectivity index (χ4v) is 4.00. The highest BCUT2D eigenvalue weighted by atomic mass is 32.1. The predicted molar refractivity (Wildman–Crippen MR) is 98.0 cm³/mol. The summed E-state index contributed by atoms with van der Waals surface area (Å²) in [4.78, 5) is 20.4. The van der Waals surface area contributed by atoms with Crippen LogP contribution in [0.25, 0.3) is 5.69 Å². The molecule has 0 unspecified atom stereocenters.